The molecule has 0 saturated carbocycles. The molecule has 6 heteroatoms. The number of para-hydroxylation sites is 2. The Morgan fingerprint density at radius 3 is 2.71 bits per heavy atom. The predicted octanol–water partition coefficient (Wildman–Crippen LogP) is 2.43. The van der Waals surface area contributed by atoms with E-state index in [1.54, 1.807) is 24.3 Å². The number of benzene rings is 1. The molecular formula is C15H14N2O4. The van der Waals surface area contributed by atoms with Gasteiger partial charge >= 0.3 is 5.97 Å². The maximum absolute atomic E-state index is 12.2. The maximum atomic E-state index is 12.2. The molecular weight excluding hydrogens is 272 g/mol. The van der Waals surface area contributed by atoms with Gasteiger partial charge in [0.2, 0.25) is 0 Å². The van der Waals surface area contributed by atoms with E-state index < -0.39 is 11.9 Å². The lowest BCUT2D eigenvalue weighted by molar-refractivity contribution is 0.0692. The molecule has 6 nitrogen and oxygen atoms in total. The van der Waals surface area contributed by atoms with Crippen LogP contribution in [0.25, 0.3) is 0 Å². The number of anilines is 1. The van der Waals surface area contributed by atoms with E-state index in [2.05, 4.69) is 10.3 Å². The third-order valence-electron chi connectivity index (χ3n) is 2.73. The second-order valence-corrected chi connectivity index (χ2v) is 4.11. The highest BCUT2D eigenvalue weighted by atomic mass is 16.5. The number of nitrogens with zero attached hydrogens (tertiary/aromatic N) is 1. The summed E-state index contributed by atoms with van der Waals surface area (Å²) in [4.78, 5) is 27.1. The van der Waals surface area contributed by atoms with E-state index in [0.717, 1.165) is 6.20 Å². The minimum atomic E-state index is -1.20. The summed E-state index contributed by atoms with van der Waals surface area (Å²) in [5, 5.41) is 11.7. The quantitative estimate of drug-likeness (QED) is 0.881. The summed E-state index contributed by atoms with van der Waals surface area (Å²) in [7, 11) is 0. The summed E-state index contributed by atoms with van der Waals surface area (Å²) in [6.07, 6.45) is 2.52. The molecule has 1 aromatic heterocycles. The van der Waals surface area contributed by atoms with Crippen LogP contribution in [-0.2, 0) is 0 Å². The average Bonchev–Trinajstić information content (AvgIpc) is 2.49. The summed E-state index contributed by atoms with van der Waals surface area (Å²) in [6, 6.07) is 8.31. The molecule has 108 valence electrons. The Balaban J connectivity index is 2.29. The van der Waals surface area contributed by atoms with Gasteiger partial charge in [0.1, 0.15) is 5.75 Å². The number of hydrogen-bond donors (Lipinski definition) is 2. The number of amides is 1. The van der Waals surface area contributed by atoms with Gasteiger partial charge in [-0.3, -0.25) is 9.78 Å². The van der Waals surface area contributed by atoms with Gasteiger partial charge in [-0.2, -0.15) is 0 Å². The van der Waals surface area contributed by atoms with Crippen molar-refractivity contribution in [1.82, 2.24) is 4.98 Å². The van der Waals surface area contributed by atoms with E-state index in [9.17, 15) is 9.59 Å². The van der Waals surface area contributed by atoms with Gasteiger partial charge < -0.3 is 15.2 Å². The highest BCUT2D eigenvalue weighted by Gasteiger charge is 2.17. The molecule has 0 spiro atoms. The van der Waals surface area contributed by atoms with Crippen LogP contribution in [0.5, 0.6) is 5.75 Å². The molecule has 0 unspecified atom stereocenters. The minimum Gasteiger partial charge on any atom is -0.492 e. The molecule has 1 heterocycles. The first-order chi connectivity index (χ1) is 10.1. The van der Waals surface area contributed by atoms with Crippen LogP contribution in [0, 0.1) is 0 Å². The summed E-state index contributed by atoms with van der Waals surface area (Å²) < 4.78 is 5.41. The standard InChI is InChI=1S/C15H14N2O4/c1-2-21-13-6-4-3-5-12(13)17-14(18)10-7-8-16-9-11(10)15(19)20/h3-9H,2H2,1H3,(H,17,18)(H,19,20). The Labute approximate surface area is 121 Å². The molecule has 0 atom stereocenters. The van der Waals surface area contributed by atoms with Crippen molar-refractivity contribution < 1.29 is 19.4 Å². The predicted molar refractivity (Wildman–Crippen MR) is 76.8 cm³/mol. The van der Waals surface area contributed by atoms with E-state index in [-0.39, 0.29) is 11.1 Å². The molecule has 0 aliphatic heterocycles. The Bertz CT molecular complexity index is 670. The van der Waals surface area contributed by atoms with Crippen molar-refractivity contribution in [3.63, 3.8) is 0 Å². The fourth-order valence-corrected chi connectivity index (χ4v) is 1.80. The van der Waals surface area contributed by atoms with Crippen LogP contribution in [0.15, 0.2) is 42.7 Å². The van der Waals surface area contributed by atoms with Gasteiger partial charge in [-0.05, 0) is 25.1 Å². The van der Waals surface area contributed by atoms with Crippen LogP contribution in [0.3, 0.4) is 0 Å². The van der Waals surface area contributed by atoms with Gasteiger partial charge in [-0.25, -0.2) is 4.79 Å². The third-order valence-corrected chi connectivity index (χ3v) is 2.73. The number of rotatable bonds is 5. The van der Waals surface area contributed by atoms with E-state index >= 15 is 0 Å². The summed E-state index contributed by atoms with van der Waals surface area (Å²) in [5.41, 5.74) is 0.380. The van der Waals surface area contributed by atoms with Gasteiger partial charge in [0.05, 0.1) is 23.4 Å². The number of carboxylic acids is 1. The molecule has 21 heavy (non-hydrogen) atoms. The van der Waals surface area contributed by atoms with Crippen LogP contribution in [0.1, 0.15) is 27.6 Å². The van der Waals surface area contributed by atoms with Crippen LogP contribution in [0.4, 0.5) is 5.69 Å². The molecule has 0 saturated heterocycles. The first-order valence-electron chi connectivity index (χ1n) is 6.34. The number of carboxylic acid groups (broad SMARTS) is 1. The van der Waals surface area contributed by atoms with Crippen molar-refractivity contribution in [2.24, 2.45) is 0 Å². The lowest BCUT2D eigenvalue weighted by atomic mass is 10.1. The molecule has 2 aromatic rings. The summed E-state index contributed by atoms with van der Waals surface area (Å²) in [5.74, 6) is -1.20. The van der Waals surface area contributed by atoms with Gasteiger partial charge in [-0.1, -0.05) is 12.1 Å². The molecule has 0 aliphatic rings. The number of hydrogen-bond acceptors (Lipinski definition) is 4. The van der Waals surface area contributed by atoms with Gasteiger partial charge in [-0.15, -0.1) is 0 Å². The molecule has 2 N–H and O–H groups in total. The average molecular weight is 286 g/mol. The van der Waals surface area contributed by atoms with Crippen molar-refractivity contribution in [3.05, 3.63) is 53.9 Å². The molecule has 0 bridgehead atoms. The van der Waals surface area contributed by atoms with Crippen molar-refractivity contribution in [3.8, 4) is 5.75 Å². The number of ether oxygens (including phenoxy) is 1. The number of carbonyl (C=O) groups excluding carboxylic acids is 1. The van der Waals surface area contributed by atoms with Crippen LogP contribution in [0.2, 0.25) is 0 Å². The topological polar surface area (TPSA) is 88.5 Å². The Morgan fingerprint density at radius 1 is 1.24 bits per heavy atom. The zero-order chi connectivity index (χ0) is 15.2. The Morgan fingerprint density at radius 2 is 2.00 bits per heavy atom. The molecule has 1 aromatic carbocycles. The van der Waals surface area contributed by atoms with Crippen molar-refractivity contribution >= 4 is 17.6 Å². The van der Waals surface area contributed by atoms with E-state index in [4.69, 9.17) is 9.84 Å². The SMILES string of the molecule is CCOc1ccccc1NC(=O)c1ccncc1C(=O)O. The van der Waals surface area contributed by atoms with Crippen LogP contribution >= 0.6 is 0 Å². The largest absolute Gasteiger partial charge is 0.492 e. The monoisotopic (exact) mass is 286 g/mol. The van der Waals surface area contributed by atoms with Crippen molar-refractivity contribution in [2.75, 3.05) is 11.9 Å². The first-order valence-corrected chi connectivity index (χ1v) is 6.34. The summed E-state index contributed by atoms with van der Waals surface area (Å²) >= 11 is 0. The Kier molecular flexibility index (Phi) is 4.50. The lowest BCUT2D eigenvalue weighted by Gasteiger charge is -2.12. The molecule has 0 aliphatic carbocycles. The second kappa shape index (κ2) is 6.51. The number of pyridine rings is 1. The van der Waals surface area contributed by atoms with E-state index in [1.165, 1.54) is 12.3 Å². The number of nitrogens with one attached hydrogen (secondary N) is 1. The van der Waals surface area contributed by atoms with Crippen LogP contribution in [-0.4, -0.2) is 28.6 Å². The van der Waals surface area contributed by atoms with Gasteiger partial charge in [0, 0.05) is 12.4 Å². The van der Waals surface area contributed by atoms with E-state index in [0.29, 0.717) is 18.0 Å². The van der Waals surface area contributed by atoms with E-state index in [1.807, 2.05) is 6.92 Å². The smallest absolute Gasteiger partial charge is 0.338 e. The van der Waals surface area contributed by atoms with Gasteiger partial charge in [0.15, 0.2) is 0 Å². The third kappa shape index (κ3) is 3.36. The first kappa shape index (κ1) is 14.5. The highest BCUT2D eigenvalue weighted by Crippen LogP contribution is 2.24. The van der Waals surface area contributed by atoms with Gasteiger partial charge in [0.25, 0.3) is 5.91 Å². The maximum Gasteiger partial charge on any atom is 0.338 e. The molecule has 2 rings (SSSR count). The van der Waals surface area contributed by atoms with Crippen molar-refractivity contribution in [2.45, 2.75) is 6.92 Å². The van der Waals surface area contributed by atoms with Crippen molar-refractivity contribution in [1.29, 1.82) is 0 Å². The molecule has 1 amide bonds. The minimum absolute atomic E-state index is 0.0452. The fourth-order valence-electron chi connectivity index (χ4n) is 1.80. The summed E-state index contributed by atoms with van der Waals surface area (Å²) in [6.45, 7) is 2.30. The number of aromatic nitrogens is 1. The Hall–Kier alpha value is -2.89. The highest BCUT2D eigenvalue weighted by molar-refractivity contribution is 6.10. The second-order valence-electron chi connectivity index (χ2n) is 4.11. The zero-order valence-electron chi connectivity index (χ0n) is 11.4. The normalized spacial score (nSPS) is 9.95. The van der Waals surface area contributed by atoms with Crippen LogP contribution < -0.4 is 10.1 Å². The number of carbonyl (C=O) groups is 2. The number of aromatic carboxylic acids is 1. The zero-order valence-corrected chi connectivity index (χ0v) is 11.4. The molecule has 0 fully saturated rings. The fraction of sp³-hybridized carbons (Fsp3) is 0.133. The molecule has 0 radical (unpaired) electrons. The lowest BCUT2D eigenvalue weighted by Crippen LogP contribution is -2.17.